The molecule has 0 saturated carbocycles. The van der Waals surface area contributed by atoms with Gasteiger partial charge in [0, 0.05) is 38.3 Å². The molecule has 2 aromatic carbocycles. The van der Waals surface area contributed by atoms with E-state index in [1.165, 1.54) is 0 Å². The van der Waals surface area contributed by atoms with Crippen molar-refractivity contribution in [1.29, 1.82) is 0 Å². The van der Waals surface area contributed by atoms with Gasteiger partial charge in [-0.3, -0.25) is 4.79 Å². The molecule has 130 valence electrons. The highest BCUT2D eigenvalue weighted by atomic mass is 16.2. The molecule has 0 aliphatic carbocycles. The Morgan fingerprint density at radius 2 is 1.76 bits per heavy atom. The van der Waals surface area contributed by atoms with E-state index in [9.17, 15) is 4.79 Å². The summed E-state index contributed by atoms with van der Waals surface area (Å²) in [5, 5.41) is 0. The molecule has 3 heteroatoms. The zero-order valence-electron chi connectivity index (χ0n) is 16.6. The smallest absolute Gasteiger partial charge is 0.252 e. The highest BCUT2D eigenvalue weighted by Crippen LogP contribution is 2.41. The zero-order valence-corrected chi connectivity index (χ0v) is 15.6. The van der Waals surface area contributed by atoms with Crippen LogP contribution in [-0.2, 0) is 4.79 Å². The molecule has 1 amide bonds. The van der Waals surface area contributed by atoms with Crippen LogP contribution in [0, 0.1) is 0 Å². The van der Waals surface area contributed by atoms with Crippen LogP contribution < -0.4 is 4.90 Å². The minimum atomic E-state index is -1.09. The Kier molecular flexibility index (Phi) is 4.31. The molecule has 0 aromatic heterocycles. The first-order valence-corrected chi connectivity index (χ1v) is 8.63. The quantitative estimate of drug-likeness (QED) is 0.809. The summed E-state index contributed by atoms with van der Waals surface area (Å²) in [7, 11) is 3.77. The predicted octanol–water partition coefficient (Wildman–Crippen LogP) is 4.73. The van der Waals surface area contributed by atoms with E-state index in [0.29, 0.717) is 5.57 Å². The lowest BCUT2D eigenvalue weighted by Crippen LogP contribution is -2.36. The molecule has 0 fully saturated rings. The normalized spacial score (nSPS) is 21.5. The Labute approximate surface area is 152 Å². The number of allylic oxidation sites excluding steroid dienone is 1. The van der Waals surface area contributed by atoms with Crippen LogP contribution in [0.15, 0.2) is 65.9 Å². The molecule has 1 heterocycles. The monoisotopic (exact) mass is 335 g/mol. The number of rotatable bonds is 3. The summed E-state index contributed by atoms with van der Waals surface area (Å²) >= 11 is 0. The molecule has 1 unspecified atom stereocenters. The molecular weight excluding hydrogens is 308 g/mol. The number of fused-ring (bicyclic) bond motifs is 1. The average molecular weight is 335 g/mol. The molecule has 25 heavy (non-hydrogen) atoms. The molecule has 2 atom stereocenters. The number of carbonyl (C=O) groups is 1. The van der Waals surface area contributed by atoms with Gasteiger partial charge in [0.15, 0.2) is 0 Å². The largest absolute Gasteiger partial charge is 0.348 e. The van der Waals surface area contributed by atoms with Gasteiger partial charge in [-0.1, -0.05) is 55.5 Å². The van der Waals surface area contributed by atoms with Gasteiger partial charge in [-0.25, -0.2) is 0 Å². The molecule has 1 aliphatic heterocycles. The second kappa shape index (κ2) is 6.75. The van der Waals surface area contributed by atoms with E-state index in [-0.39, 0.29) is 11.9 Å². The van der Waals surface area contributed by atoms with E-state index >= 15 is 0 Å². The fraction of sp³-hybridized carbons (Fsp3) is 0.318. The lowest BCUT2D eigenvalue weighted by atomic mass is 9.85. The number of carbonyl (C=O) groups excluding carboxylic acids is 1. The Hall–Kier alpha value is -2.55. The standard InChI is InChI=1S/C22H26N2O/c1-15-19-13-9-10-14-20(19)23(4)17(3)21(15)22(25)24(5)16(2)18-11-7-6-8-12-18/h6-16H,1-5H3/t15?,16-/m1/s1/i15D. The van der Waals surface area contributed by atoms with Crippen LogP contribution in [-0.4, -0.2) is 24.9 Å². The Bertz CT molecular complexity index is 857. The van der Waals surface area contributed by atoms with Crippen molar-refractivity contribution in [3.63, 3.8) is 0 Å². The van der Waals surface area contributed by atoms with Crippen LogP contribution >= 0.6 is 0 Å². The lowest BCUT2D eigenvalue weighted by Gasteiger charge is -2.37. The summed E-state index contributed by atoms with van der Waals surface area (Å²) in [5.41, 5.74) is 4.29. The highest BCUT2D eigenvalue weighted by molar-refractivity contribution is 5.97. The summed E-state index contributed by atoms with van der Waals surface area (Å²) in [6.07, 6.45) is 0. The summed E-state index contributed by atoms with van der Waals surface area (Å²) in [4.78, 5) is 17.2. The fourth-order valence-corrected chi connectivity index (χ4v) is 3.46. The van der Waals surface area contributed by atoms with Crippen molar-refractivity contribution in [3.8, 4) is 0 Å². The predicted molar refractivity (Wildman–Crippen MR) is 104 cm³/mol. The first kappa shape index (κ1) is 15.9. The van der Waals surface area contributed by atoms with Crippen LogP contribution in [0.1, 0.15) is 45.2 Å². The van der Waals surface area contributed by atoms with Gasteiger partial charge in [0.05, 0.1) is 6.04 Å². The number of hydrogen-bond donors (Lipinski definition) is 0. The van der Waals surface area contributed by atoms with E-state index < -0.39 is 5.89 Å². The molecule has 0 saturated heterocycles. The molecule has 1 aliphatic rings. The number of para-hydroxylation sites is 1. The van der Waals surface area contributed by atoms with E-state index in [1.807, 2.05) is 94.4 Å². The molecule has 3 rings (SSSR count). The summed E-state index contributed by atoms with van der Waals surface area (Å²) in [5.74, 6) is -1.19. The summed E-state index contributed by atoms with van der Waals surface area (Å²) in [6, 6.07) is 17.8. The minimum absolute atomic E-state index is 0.0673. The third-order valence-corrected chi connectivity index (χ3v) is 5.31. The maximum atomic E-state index is 13.4. The van der Waals surface area contributed by atoms with Crippen LogP contribution in [0.25, 0.3) is 0 Å². The third-order valence-electron chi connectivity index (χ3n) is 5.31. The van der Waals surface area contributed by atoms with Crippen LogP contribution in [0.4, 0.5) is 5.69 Å². The molecular formula is C22H26N2O. The van der Waals surface area contributed by atoms with Gasteiger partial charge in [-0.15, -0.1) is 0 Å². The zero-order chi connectivity index (χ0) is 19.1. The van der Waals surface area contributed by atoms with Crippen molar-refractivity contribution in [2.75, 3.05) is 19.0 Å². The average Bonchev–Trinajstić information content (AvgIpc) is 2.65. The van der Waals surface area contributed by atoms with Gasteiger partial charge in [0.2, 0.25) is 0 Å². The number of hydrogen-bond acceptors (Lipinski definition) is 2. The Morgan fingerprint density at radius 3 is 2.44 bits per heavy atom. The maximum absolute atomic E-state index is 13.4. The maximum Gasteiger partial charge on any atom is 0.252 e. The molecule has 0 N–H and O–H groups in total. The number of amides is 1. The van der Waals surface area contributed by atoms with Crippen molar-refractivity contribution in [2.24, 2.45) is 0 Å². The first-order valence-electron chi connectivity index (χ1n) is 9.13. The third kappa shape index (κ3) is 2.95. The van der Waals surface area contributed by atoms with Crippen molar-refractivity contribution in [1.82, 2.24) is 4.90 Å². The number of anilines is 1. The Morgan fingerprint density at radius 1 is 1.16 bits per heavy atom. The van der Waals surface area contributed by atoms with Crippen LogP contribution in [0.5, 0.6) is 0 Å². The lowest BCUT2D eigenvalue weighted by molar-refractivity contribution is -0.128. The molecule has 0 spiro atoms. The van der Waals surface area contributed by atoms with Crippen LogP contribution in [0.3, 0.4) is 0 Å². The van der Waals surface area contributed by atoms with Gasteiger partial charge in [0.25, 0.3) is 5.91 Å². The van der Waals surface area contributed by atoms with Crippen molar-refractivity contribution in [3.05, 3.63) is 77.0 Å². The van der Waals surface area contributed by atoms with Crippen molar-refractivity contribution >= 4 is 11.6 Å². The molecule has 0 bridgehead atoms. The van der Waals surface area contributed by atoms with Gasteiger partial charge in [-0.05, 0) is 31.0 Å². The second-order valence-electron chi connectivity index (χ2n) is 6.66. The van der Waals surface area contributed by atoms with E-state index in [1.54, 1.807) is 4.90 Å². The first-order chi connectivity index (χ1) is 12.3. The van der Waals surface area contributed by atoms with Crippen LogP contribution in [0.2, 0.25) is 0 Å². The Balaban J connectivity index is 2.02. The van der Waals surface area contributed by atoms with Crippen molar-refractivity contribution < 1.29 is 6.17 Å². The number of benzene rings is 2. The fourth-order valence-electron chi connectivity index (χ4n) is 3.46. The SMILES string of the molecule is [2H]C1(C)C(C(=O)N(C)[C@H](C)c2ccccc2)=C(C)N(C)c2ccccc21. The van der Waals surface area contributed by atoms with E-state index in [2.05, 4.69) is 0 Å². The number of nitrogens with zero attached hydrogens (tertiary/aromatic N) is 2. The molecule has 3 nitrogen and oxygen atoms in total. The highest BCUT2D eigenvalue weighted by Gasteiger charge is 2.33. The van der Waals surface area contributed by atoms with Crippen molar-refractivity contribution in [2.45, 2.75) is 32.7 Å². The van der Waals surface area contributed by atoms with Gasteiger partial charge < -0.3 is 9.80 Å². The van der Waals surface area contributed by atoms with Gasteiger partial charge in [0.1, 0.15) is 0 Å². The minimum Gasteiger partial charge on any atom is -0.348 e. The summed E-state index contributed by atoms with van der Waals surface area (Å²) in [6.45, 7) is 5.76. The molecule has 2 aromatic rings. The van der Waals surface area contributed by atoms with Gasteiger partial charge >= 0.3 is 0 Å². The topological polar surface area (TPSA) is 23.6 Å². The van der Waals surface area contributed by atoms with E-state index in [0.717, 1.165) is 22.5 Å². The van der Waals surface area contributed by atoms with E-state index in [4.69, 9.17) is 1.37 Å². The second-order valence-corrected chi connectivity index (χ2v) is 6.66. The molecule has 0 radical (unpaired) electrons. The summed E-state index contributed by atoms with van der Waals surface area (Å²) < 4.78 is 9.02. The number of likely N-dealkylation sites (N-methyl/N-ethyl adjacent to an activating group) is 1. The van der Waals surface area contributed by atoms with Gasteiger partial charge in [-0.2, -0.15) is 0 Å².